The SMILES string of the molecule is C=C(C)C1CC[C@@H](C)C[C@H]1OC1C[C@H](C)C[C@H](O)[C@H]1C(=C)C. The second-order valence-electron chi connectivity index (χ2n) is 8.10. The Hall–Kier alpha value is -0.600. The molecule has 2 nitrogen and oxygen atoms in total. The van der Waals surface area contributed by atoms with Crippen LogP contribution in [0.4, 0.5) is 0 Å². The molecule has 0 radical (unpaired) electrons. The molecule has 7 atom stereocenters. The van der Waals surface area contributed by atoms with Crippen molar-refractivity contribution in [3.05, 3.63) is 24.3 Å². The molecular formula is C20H34O2. The molecule has 0 aliphatic heterocycles. The van der Waals surface area contributed by atoms with E-state index in [0.29, 0.717) is 11.8 Å². The van der Waals surface area contributed by atoms with E-state index in [2.05, 4.69) is 33.9 Å². The van der Waals surface area contributed by atoms with Crippen LogP contribution in [0, 0.1) is 23.7 Å². The van der Waals surface area contributed by atoms with Gasteiger partial charge in [-0.2, -0.15) is 0 Å². The molecule has 2 unspecified atom stereocenters. The summed E-state index contributed by atoms with van der Waals surface area (Å²) in [5.74, 6) is 1.78. The summed E-state index contributed by atoms with van der Waals surface area (Å²) >= 11 is 0. The summed E-state index contributed by atoms with van der Waals surface area (Å²) in [5, 5.41) is 10.5. The average molecular weight is 306 g/mol. The van der Waals surface area contributed by atoms with Crippen molar-refractivity contribution < 1.29 is 9.84 Å². The molecule has 0 amide bonds. The van der Waals surface area contributed by atoms with Crippen LogP contribution in [-0.4, -0.2) is 23.4 Å². The summed E-state index contributed by atoms with van der Waals surface area (Å²) in [6, 6.07) is 0. The number of hydrogen-bond acceptors (Lipinski definition) is 2. The summed E-state index contributed by atoms with van der Waals surface area (Å²) in [6.45, 7) is 17.0. The third-order valence-corrected chi connectivity index (χ3v) is 5.70. The van der Waals surface area contributed by atoms with Crippen LogP contribution in [0.2, 0.25) is 0 Å². The first-order valence-corrected chi connectivity index (χ1v) is 8.93. The van der Waals surface area contributed by atoms with Crippen molar-refractivity contribution in [3.8, 4) is 0 Å². The Labute approximate surface area is 136 Å². The van der Waals surface area contributed by atoms with Crippen LogP contribution < -0.4 is 0 Å². The second-order valence-corrected chi connectivity index (χ2v) is 8.10. The molecule has 126 valence electrons. The van der Waals surface area contributed by atoms with Crippen LogP contribution in [0.15, 0.2) is 24.3 Å². The highest BCUT2D eigenvalue weighted by molar-refractivity contribution is 5.07. The summed E-state index contributed by atoms with van der Waals surface area (Å²) in [5.41, 5.74) is 2.30. The van der Waals surface area contributed by atoms with Gasteiger partial charge in [0.05, 0.1) is 18.3 Å². The van der Waals surface area contributed by atoms with Gasteiger partial charge in [-0.05, 0) is 57.8 Å². The summed E-state index contributed by atoms with van der Waals surface area (Å²) in [7, 11) is 0. The van der Waals surface area contributed by atoms with E-state index in [1.807, 2.05) is 6.92 Å². The Morgan fingerprint density at radius 2 is 1.55 bits per heavy atom. The Bertz CT molecular complexity index is 414. The molecule has 0 heterocycles. The third kappa shape index (κ3) is 4.02. The zero-order chi connectivity index (χ0) is 16.4. The fourth-order valence-electron chi connectivity index (χ4n) is 4.50. The molecule has 2 rings (SSSR count). The van der Waals surface area contributed by atoms with Gasteiger partial charge in [0.2, 0.25) is 0 Å². The van der Waals surface area contributed by atoms with Crippen molar-refractivity contribution in [2.75, 3.05) is 0 Å². The van der Waals surface area contributed by atoms with E-state index >= 15 is 0 Å². The smallest absolute Gasteiger partial charge is 0.0671 e. The Morgan fingerprint density at radius 1 is 0.909 bits per heavy atom. The lowest BCUT2D eigenvalue weighted by molar-refractivity contribution is -0.122. The maximum atomic E-state index is 10.5. The van der Waals surface area contributed by atoms with E-state index in [0.717, 1.165) is 30.8 Å². The number of rotatable bonds is 4. The quantitative estimate of drug-likeness (QED) is 0.760. The summed E-state index contributed by atoms with van der Waals surface area (Å²) in [4.78, 5) is 0. The summed E-state index contributed by atoms with van der Waals surface area (Å²) < 4.78 is 6.61. The lowest BCUT2D eigenvalue weighted by atomic mass is 9.74. The van der Waals surface area contributed by atoms with E-state index in [-0.39, 0.29) is 24.2 Å². The molecular weight excluding hydrogens is 272 g/mol. The molecule has 2 saturated carbocycles. The highest BCUT2D eigenvalue weighted by Crippen LogP contribution is 2.40. The highest BCUT2D eigenvalue weighted by Gasteiger charge is 2.40. The van der Waals surface area contributed by atoms with Crippen LogP contribution in [0.3, 0.4) is 0 Å². The predicted molar refractivity (Wildman–Crippen MR) is 92.7 cm³/mol. The third-order valence-electron chi connectivity index (χ3n) is 5.70. The number of aliphatic hydroxyl groups excluding tert-OH is 1. The number of ether oxygens (including phenoxy) is 1. The lowest BCUT2D eigenvalue weighted by Crippen LogP contribution is -2.45. The predicted octanol–water partition coefficient (Wildman–Crippen LogP) is 4.74. The maximum absolute atomic E-state index is 10.5. The van der Waals surface area contributed by atoms with Gasteiger partial charge in [0.25, 0.3) is 0 Å². The standard InChI is InChI=1S/C20H34O2/c1-12(2)16-8-7-14(5)10-18(16)22-19-11-15(6)9-17(21)20(19)13(3)4/h14-21H,1,3,7-11H2,2,4-6H3/t14-,15-,16?,17+,18-,19?,20-/m1/s1. The Morgan fingerprint density at radius 3 is 2.14 bits per heavy atom. The van der Waals surface area contributed by atoms with Crippen LogP contribution in [0.1, 0.15) is 59.8 Å². The molecule has 2 aliphatic carbocycles. The van der Waals surface area contributed by atoms with E-state index < -0.39 is 0 Å². The zero-order valence-corrected chi connectivity index (χ0v) is 14.8. The second kappa shape index (κ2) is 7.31. The van der Waals surface area contributed by atoms with Crippen molar-refractivity contribution in [1.82, 2.24) is 0 Å². The van der Waals surface area contributed by atoms with Gasteiger partial charge in [-0.15, -0.1) is 0 Å². The van der Waals surface area contributed by atoms with E-state index in [1.165, 1.54) is 18.4 Å². The molecule has 0 aromatic carbocycles. The van der Waals surface area contributed by atoms with E-state index in [1.54, 1.807) is 0 Å². The molecule has 2 heteroatoms. The topological polar surface area (TPSA) is 29.5 Å². The molecule has 2 fully saturated rings. The van der Waals surface area contributed by atoms with Gasteiger partial charge in [0.15, 0.2) is 0 Å². The molecule has 0 aromatic rings. The largest absolute Gasteiger partial charge is 0.392 e. The maximum Gasteiger partial charge on any atom is 0.0671 e. The van der Waals surface area contributed by atoms with Crippen molar-refractivity contribution in [3.63, 3.8) is 0 Å². The average Bonchev–Trinajstić information content (AvgIpc) is 2.36. The van der Waals surface area contributed by atoms with Crippen LogP contribution in [0.5, 0.6) is 0 Å². The molecule has 0 aromatic heterocycles. The zero-order valence-electron chi connectivity index (χ0n) is 14.8. The first-order chi connectivity index (χ1) is 10.3. The van der Waals surface area contributed by atoms with Gasteiger partial charge in [0.1, 0.15) is 0 Å². The van der Waals surface area contributed by atoms with Crippen molar-refractivity contribution in [2.45, 2.75) is 78.1 Å². The molecule has 0 bridgehead atoms. The fourth-order valence-corrected chi connectivity index (χ4v) is 4.50. The molecule has 0 saturated heterocycles. The van der Waals surface area contributed by atoms with Gasteiger partial charge >= 0.3 is 0 Å². The first kappa shape index (κ1) is 17.7. The van der Waals surface area contributed by atoms with Crippen LogP contribution in [-0.2, 0) is 4.74 Å². The first-order valence-electron chi connectivity index (χ1n) is 8.93. The molecule has 0 spiro atoms. The minimum absolute atomic E-state index is 0.0826. The monoisotopic (exact) mass is 306 g/mol. The normalized spacial score (nSPS) is 42.9. The van der Waals surface area contributed by atoms with Crippen molar-refractivity contribution in [1.29, 1.82) is 0 Å². The van der Waals surface area contributed by atoms with Crippen molar-refractivity contribution in [2.24, 2.45) is 23.7 Å². The van der Waals surface area contributed by atoms with E-state index in [4.69, 9.17) is 4.74 Å². The fraction of sp³-hybridized carbons (Fsp3) is 0.800. The minimum atomic E-state index is -0.310. The van der Waals surface area contributed by atoms with Gasteiger partial charge < -0.3 is 9.84 Å². The Kier molecular flexibility index (Phi) is 5.90. The summed E-state index contributed by atoms with van der Waals surface area (Å²) in [6.07, 6.45) is 5.51. The van der Waals surface area contributed by atoms with Gasteiger partial charge in [-0.1, -0.05) is 38.2 Å². The van der Waals surface area contributed by atoms with Gasteiger partial charge in [0, 0.05) is 11.8 Å². The number of hydrogen-bond donors (Lipinski definition) is 1. The molecule has 2 aliphatic rings. The highest BCUT2D eigenvalue weighted by atomic mass is 16.5. The van der Waals surface area contributed by atoms with Crippen molar-refractivity contribution >= 4 is 0 Å². The van der Waals surface area contributed by atoms with Crippen LogP contribution >= 0.6 is 0 Å². The van der Waals surface area contributed by atoms with E-state index in [9.17, 15) is 5.11 Å². The minimum Gasteiger partial charge on any atom is -0.392 e. The molecule has 1 N–H and O–H groups in total. The van der Waals surface area contributed by atoms with Crippen LogP contribution in [0.25, 0.3) is 0 Å². The van der Waals surface area contributed by atoms with Gasteiger partial charge in [-0.25, -0.2) is 0 Å². The molecule has 22 heavy (non-hydrogen) atoms. The number of aliphatic hydroxyl groups is 1. The Balaban J connectivity index is 2.13. The van der Waals surface area contributed by atoms with Gasteiger partial charge in [-0.3, -0.25) is 0 Å². The lowest BCUT2D eigenvalue weighted by Gasteiger charge is -2.44.